The summed E-state index contributed by atoms with van der Waals surface area (Å²) in [5.74, 6) is 1.18. The van der Waals surface area contributed by atoms with Crippen LogP contribution in [0.4, 0.5) is 4.39 Å². The third-order valence-electron chi connectivity index (χ3n) is 4.73. The SMILES string of the molecule is CC(C)OC(=O)[C@H](Cc1ccc(F)cc1)NC(=O)[C@@H](N)Cc1cc(SCCCl)cc(SCCCl)c1.Cl. The van der Waals surface area contributed by atoms with Crippen LogP contribution in [-0.2, 0) is 27.2 Å². The second-order valence-electron chi connectivity index (χ2n) is 8.08. The van der Waals surface area contributed by atoms with Gasteiger partial charge in [-0.15, -0.1) is 59.1 Å². The molecule has 2 aromatic rings. The number of amides is 1. The zero-order valence-corrected chi connectivity index (χ0v) is 24.1. The van der Waals surface area contributed by atoms with Crippen LogP contribution < -0.4 is 11.1 Å². The van der Waals surface area contributed by atoms with Gasteiger partial charge in [0.1, 0.15) is 11.9 Å². The highest BCUT2D eigenvalue weighted by atomic mass is 35.5. The number of hydrogen-bond donors (Lipinski definition) is 2. The smallest absolute Gasteiger partial charge is 0.329 e. The van der Waals surface area contributed by atoms with E-state index in [0.717, 1.165) is 26.9 Å². The van der Waals surface area contributed by atoms with Crippen molar-refractivity contribution in [3.8, 4) is 0 Å². The summed E-state index contributed by atoms with van der Waals surface area (Å²) in [5.41, 5.74) is 7.84. The van der Waals surface area contributed by atoms with E-state index < -0.39 is 24.0 Å². The number of carbonyl (C=O) groups excluding carboxylic acids is 2. The van der Waals surface area contributed by atoms with Gasteiger partial charge in [-0.2, -0.15) is 0 Å². The molecule has 200 valence electrons. The molecule has 1 amide bonds. The zero-order valence-electron chi connectivity index (χ0n) is 20.2. The van der Waals surface area contributed by atoms with Crippen molar-refractivity contribution in [3.63, 3.8) is 0 Å². The Morgan fingerprint density at radius 2 is 1.53 bits per heavy atom. The van der Waals surface area contributed by atoms with Crippen molar-refractivity contribution in [3.05, 3.63) is 59.4 Å². The van der Waals surface area contributed by atoms with Crippen molar-refractivity contribution in [1.82, 2.24) is 5.32 Å². The summed E-state index contributed by atoms with van der Waals surface area (Å²) < 4.78 is 18.6. The molecule has 3 N–H and O–H groups in total. The van der Waals surface area contributed by atoms with Gasteiger partial charge in [0.2, 0.25) is 5.91 Å². The molecule has 2 atom stereocenters. The van der Waals surface area contributed by atoms with E-state index in [-0.39, 0.29) is 37.2 Å². The Hall–Kier alpha value is -1.16. The minimum atomic E-state index is -0.943. The minimum absolute atomic E-state index is 0. The van der Waals surface area contributed by atoms with Crippen molar-refractivity contribution < 1.29 is 18.7 Å². The molecule has 0 saturated heterocycles. The quantitative estimate of drug-likeness (QED) is 0.171. The predicted molar refractivity (Wildman–Crippen MR) is 152 cm³/mol. The van der Waals surface area contributed by atoms with E-state index in [2.05, 4.69) is 11.4 Å². The van der Waals surface area contributed by atoms with Crippen LogP contribution in [0.1, 0.15) is 25.0 Å². The van der Waals surface area contributed by atoms with Crippen LogP contribution in [0.5, 0.6) is 0 Å². The Labute approximate surface area is 237 Å². The number of ether oxygens (including phenoxy) is 1. The molecular formula is C25H32Cl3FN2O3S2. The second kappa shape index (κ2) is 17.4. The van der Waals surface area contributed by atoms with E-state index in [0.29, 0.717) is 17.3 Å². The van der Waals surface area contributed by atoms with Gasteiger partial charge >= 0.3 is 5.97 Å². The molecule has 0 heterocycles. The first kappa shape index (κ1) is 32.9. The molecule has 0 bridgehead atoms. The Kier molecular flexibility index (Phi) is 15.9. The lowest BCUT2D eigenvalue weighted by Gasteiger charge is -2.21. The molecule has 0 fully saturated rings. The third-order valence-corrected chi connectivity index (χ3v) is 7.51. The molecule has 0 aromatic heterocycles. The Morgan fingerprint density at radius 3 is 2.03 bits per heavy atom. The van der Waals surface area contributed by atoms with E-state index >= 15 is 0 Å². The van der Waals surface area contributed by atoms with Crippen LogP contribution >= 0.6 is 59.1 Å². The number of hydrogen-bond acceptors (Lipinski definition) is 6. The van der Waals surface area contributed by atoms with Crippen LogP contribution in [0.25, 0.3) is 0 Å². The van der Waals surface area contributed by atoms with Gasteiger partial charge in [-0.25, -0.2) is 9.18 Å². The van der Waals surface area contributed by atoms with E-state index in [1.54, 1.807) is 49.5 Å². The summed E-state index contributed by atoms with van der Waals surface area (Å²) in [7, 11) is 0. The number of thioether (sulfide) groups is 2. The monoisotopic (exact) mass is 596 g/mol. The van der Waals surface area contributed by atoms with Gasteiger partial charge in [-0.3, -0.25) is 4.79 Å². The average molecular weight is 598 g/mol. The summed E-state index contributed by atoms with van der Waals surface area (Å²) in [4.78, 5) is 27.7. The van der Waals surface area contributed by atoms with Gasteiger partial charge in [-0.05, 0) is 61.7 Å². The molecule has 11 heteroatoms. The largest absolute Gasteiger partial charge is 0.461 e. The summed E-state index contributed by atoms with van der Waals surface area (Å²) in [5, 5.41) is 2.73. The fourth-order valence-electron chi connectivity index (χ4n) is 3.22. The van der Waals surface area contributed by atoms with E-state index in [1.165, 1.54) is 12.1 Å². The average Bonchev–Trinajstić information content (AvgIpc) is 2.81. The molecule has 0 saturated carbocycles. The number of alkyl halides is 2. The number of rotatable bonds is 14. The molecular weight excluding hydrogens is 566 g/mol. The van der Waals surface area contributed by atoms with Gasteiger partial charge in [0.15, 0.2) is 0 Å². The first-order chi connectivity index (χ1) is 16.7. The summed E-state index contributed by atoms with van der Waals surface area (Å²) >= 11 is 14.9. The van der Waals surface area contributed by atoms with Crippen molar-refractivity contribution in [2.75, 3.05) is 23.3 Å². The van der Waals surface area contributed by atoms with Crippen LogP contribution in [0.2, 0.25) is 0 Å². The molecule has 0 spiro atoms. The number of carbonyl (C=O) groups is 2. The van der Waals surface area contributed by atoms with E-state index in [1.807, 2.05) is 12.1 Å². The number of benzene rings is 2. The third kappa shape index (κ3) is 11.9. The summed E-state index contributed by atoms with van der Waals surface area (Å²) in [6.07, 6.45) is 0.104. The minimum Gasteiger partial charge on any atom is -0.461 e. The number of nitrogens with two attached hydrogens (primary N) is 1. The second-order valence-corrected chi connectivity index (χ2v) is 11.2. The predicted octanol–water partition coefficient (Wildman–Crippen LogP) is 5.46. The summed E-state index contributed by atoms with van der Waals surface area (Å²) in [6.45, 7) is 3.46. The molecule has 0 aliphatic carbocycles. The highest BCUT2D eigenvalue weighted by molar-refractivity contribution is 8.00. The molecule has 0 unspecified atom stereocenters. The van der Waals surface area contributed by atoms with Gasteiger partial charge in [0.05, 0.1) is 12.1 Å². The highest BCUT2D eigenvalue weighted by Crippen LogP contribution is 2.28. The summed E-state index contributed by atoms with van der Waals surface area (Å²) in [6, 6.07) is 10.0. The van der Waals surface area contributed by atoms with Crippen LogP contribution in [0.3, 0.4) is 0 Å². The van der Waals surface area contributed by atoms with Gasteiger partial charge in [-0.1, -0.05) is 12.1 Å². The number of nitrogens with one attached hydrogen (secondary N) is 1. The highest BCUT2D eigenvalue weighted by Gasteiger charge is 2.26. The molecule has 2 aromatic carbocycles. The number of esters is 1. The Balaban J connectivity index is 0.00000648. The topological polar surface area (TPSA) is 81.4 Å². The standard InChI is InChI=1S/C25H31Cl2FN2O3S2.ClH/c1-16(2)33-25(32)23(14-17-3-5-19(28)6-4-17)30-24(31)22(29)13-18-11-20(34-9-7-26)15-21(12-18)35-10-8-27;/h3-6,11-12,15-16,22-23H,7-10,13-14,29H2,1-2H3,(H,30,31);1H/t22-,23-;/m0./s1. The van der Waals surface area contributed by atoms with Crippen LogP contribution in [0.15, 0.2) is 52.3 Å². The van der Waals surface area contributed by atoms with Crippen LogP contribution in [0, 0.1) is 5.82 Å². The van der Waals surface area contributed by atoms with Gasteiger partial charge in [0, 0.05) is 39.5 Å². The zero-order chi connectivity index (χ0) is 25.8. The molecule has 0 radical (unpaired) electrons. The van der Waals surface area contributed by atoms with Crippen molar-refractivity contribution in [1.29, 1.82) is 0 Å². The molecule has 5 nitrogen and oxygen atoms in total. The lowest BCUT2D eigenvalue weighted by molar-refractivity contribution is -0.151. The van der Waals surface area contributed by atoms with Crippen molar-refractivity contribution >= 4 is 71.0 Å². The fourth-order valence-corrected chi connectivity index (χ4v) is 5.27. The molecule has 0 aliphatic rings. The number of halogens is 4. The molecule has 0 aliphatic heterocycles. The van der Waals surface area contributed by atoms with Gasteiger partial charge in [0.25, 0.3) is 0 Å². The maximum Gasteiger partial charge on any atom is 0.329 e. The van der Waals surface area contributed by atoms with Crippen molar-refractivity contribution in [2.24, 2.45) is 5.73 Å². The first-order valence-corrected chi connectivity index (χ1v) is 14.3. The van der Waals surface area contributed by atoms with Crippen LogP contribution in [-0.4, -0.2) is 53.3 Å². The lowest BCUT2D eigenvalue weighted by atomic mass is 10.0. The normalized spacial score (nSPS) is 12.5. The maximum absolute atomic E-state index is 13.3. The molecule has 2 rings (SSSR count). The first-order valence-electron chi connectivity index (χ1n) is 11.2. The van der Waals surface area contributed by atoms with E-state index in [4.69, 9.17) is 33.7 Å². The van der Waals surface area contributed by atoms with E-state index in [9.17, 15) is 14.0 Å². The Bertz CT molecular complexity index is 942. The Morgan fingerprint density at radius 1 is 0.972 bits per heavy atom. The lowest BCUT2D eigenvalue weighted by Crippen LogP contribution is -2.50. The molecule has 36 heavy (non-hydrogen) atoms. The van der Waals surface area contributed by atoms with Gasteiger partial charge < -0.3 is 15.8 Å². The fraction of sp³-hybridized carbons (Fsp3) is 0.440. The maximum atomic E-state index is 13.3. The van der Waals surface area contributed by atoms with Crippen molar-refractivity contribution in [2.45, 2.75) is 54.7 Å².